The largest absolute Gasteiger partial charge is 0.263 e. The maximum atomic E-state index is 9.64. The van der Waals surface area contributed by atoms with Gasteiger partial charge in [0.2, 0.25) is 0 Å². The molecule has 1 heterocycles. The van der Waals surface area contributed by atoms with Crippen LogP contribution in [0, 0.1) is 11.3 Å². The summed E-state index contributed by atoms with van der Waals surface area (Å²) in [6.07, 6.45) is 5.10. The van der Waals surface area contributed by atoms with Crippen LogP contribution in [-0.2, 0) is 18.3 Å². The standard InChI is InChI=1S/C15H11BrN2/c16-14-5-13(8-18-9-14)15(10-17)6-11-3-1-2-4-12(11)7-15/h1-5,8-9H,6-7H2. The number of benzene rings is 1. The highest BCUT2D eigenvalue weighted by Crippen LogP contribution is 2.39. The van der Waals surface area contributed by atoms with Crippen molar-refractivity contribution in [3.05, 3.63) is 63.9 Å². The fourth-order valence-electron chi connectivity index (χ4n) is 2.64. The van der Waals surface area contributed by atoms with Gasteiger partial charge in [-0.25, -0.2) is 0 Å². The number of rotatable bonds is 1. The van der Waals surface area contributed by atoms with Gasteiger partial charge < -0.3 is 0 Å². The Morgan fingerprint density at radius 3 is 2.39 bits per heavy atom. The molecule has 1 aliphatic rings. The van der Waals surface area contributed by atoms with Gasteiger partial charge in [-0.05, 0) is 51.5 Å². The molecule has 88 valence electrons. The molecule has 0 N–H and O–H groups in total. The Labute approximate surface area is 114 Å². The van der Waals surface area contributed by atoms with Crippen molar-refractivity contribution in [1.29, 1.82) is 5.26 Å². The molecule has 3 heteroatoms. The summed E-state index contributed by atoms with van der Waals surface area (Å²) in [6.45, 7) is 0. The number of fused-ring (bicyclic) bond motifs is 1. The molecule has 0 aliphatic heterocycles. The van der Waals surface area contributed by atoms with E-state index in [1.165, 1.54) is 11.1 Å². The van der Waals surface area contributed by atoms with Gasteiger partial charge in [-0.15, -0.1) is 0 Å². The van der Waals surface area contributed by atoms with Crippen LogP contribution in [0.25, 0.3) is 0 Å². The fourth-order valence-corrected chi connectivity index (χ4v) is 3.00. The third kappa shape index (κ3) is 1.74. The predicted molar refractivity (Wildman–Crippen MR) is 73.1 cm³/mol. The molecular weight excluding hydrogens is 288 g/mol. The Morgan fingerprint density at radius 1 is 1.17 bits per heavy atom. The summed E-state index contributed by atoms with van der Waals surface area (Å²) in [5.41, 5.74) is 3.09. The molecule has 0 atom stereocenters. The molecule has 0 fully saturated rings. The van der Waals surface area contributed by atoms with E-state index in [0.29, 0.717) is 0 Å². The van der Waals surface area contributed by atoms with Crippen molar-refractivity contribution in [3.8, 4) is 6.07 Å². The molecule has 2 aromatic rings. The zero-order valence-electron chi connectivity index (χ0n) is 9.73. The van der Waals surface area contributed by atoms with E-state index in [2.05, 4.69) is 39.1 Å². The molecule has 2 nitrogen and oxygen atoms in total. The van der Waals surface area contributed by atoms with Crippen molar-refractivity contribution in [1.82, 2.24) is 4.98 Å². The van der Waals surface area contributed by atoms with Crippen LogP contribution in [0.1, 0.15) is 16.7 Å². The molecule has 1 aliphatic carbocycles. The second kappa shape index (κ2) is 4.22. The van der Waals surface area contributed by atoms with E-state index < -0.39 is 5.41 Å². The third-order valence-electron chi connectivity index (χ3n) is 3.57. The molecule has 3 rings (SSSR count). The minimum Gasteiger partial charge on any atom is -0.263 e. The Hall–Kier alpha value is -1.66. The number of pyridine rings is 1. The first-order valence-electron chi connectivity index (χ1n) is 5.83. The quantitative estimate of drug-likeness (QED) is 0.809. The highest BCUT2D eigenvalue weighted by Gasteiger charge is 2.39. The number of nitriles is 1. The van der Waals surface area contributed by atoms with Crippen molar-refractivity contribution < 1.29 is 0 Å². The van der Waals surface area contributed by atoms with Crippen molar-refractivity contribution in [3.63, 3.8) is 0 Å². The van der Waals surface area contributed by atoms with Gasteiger partial charge >= 0.3 is 0 Å². The summed E-state index contributed by atoms with van der Waals surface area (Å²) in [7, 11) is 0. The molecule has 0 saturated heterocycles. The van der Waals surface area contributed by atoms with Gasteiger partial charge in [-0.1, -0.05) is 24.3 Å². The second-order valence-corrected chi connectivity index (χ2v) is 5.62. The summed E-state index contributed by atoms with van der Waals surface area (Å²) in [5, 5.41) is 9.64. The molecule has 0 unspecified atom stereocenters. The molecule has 18 heavy (non-hydrogen) atoms. The normalized spacial score (nSPS) is 16.0. The van der Waals surface area contributed by atoms with E-state index in [4.69, 9.17) is 0 Å². The molecule has 0 spiro atoms. The van der Waals surface area contributed by atoms with Crippen LogP contribution in [0.2, 0.25) is 0 Å². The molecule has 0 radical (unpaired) electrons. The zero-order chi connectivity index (χ0) is 12.6. The first-order valence-corrected chi connectivity index (χ1v) is 6.62. The number of nitrogens with zero attached hydrogens (tertiary/aromatic N) is 2. The maximum Gasteiger partial charge on any atom is 0.0918 e. The summed E-state index contributed by atoms with van der Waals surface area (Å²) < 4.78 is 0.922. The first kappa shape index (κ1) is 11.4. The van der Waals surface area contributed by atoms with Crippen LogP contribution in [0.3, 0.4) is 0 Å². The SMILES string of the molecule is N#CC1(c2cncc(Br)c2)Cc2ccccc2C1. The van der Waals surface area contributed by atoms with Gasteiger partial charge in [0.1, 0.15) is 0 Å². The van der Waals surface area contributed by atoms with Crippen LogP contribution < -0.4 is 0 Å². The predicted octanol–water partition coefficient (Wildman–Crippen LogP) is 3.40. The van der Waals surface area contributed by atoms with Crippen molar-refractivity contribution >= 4 is 15.9 Å². The van der Waals surface area contributed by atoms with Gasteiger partial charge in [0, 0.05) is 16.9 Å². The monoisotopic (exact) mass is 298 g/mol. The van der Waals surface area contributed by atoms with Crippen molar-refractivity contribution in [2.75, 3.05) is 0 Å². The van der Waals surface area contributed by atoms with Crippen LogP contribution >= 0.6 is 15.9 Å². The van der Waals surface area contributed by atoms with E-state index in [-0.39, 0.29) is 0 Å². The van der Waals surface area contributed by atoms with Gasteiger partial charge in [0.05, 0.1) is 11.5 Å². The molecule has 0 amide bonds. The van der Waals surface area contributed by atoms with Crippen LogP contribution in [0.5, 0.6) is 0 Å². The molecule has 1 aromatic heterocycles. The van der Waals surface area contributed by atoms with Gasteiger partial charge in [-0.2, -0.15) is 5.26 Å². The Kier molecular flexibility index (Phi) is 2.68. The number of aromatic nitrogens is 1. The minimum absolute atomic E-state index is 0.458. The summed E-state index contributed by atoms with van der Waals surface area (Å²) in [6, 6.07) is 12.8. The maximum absolute atomic E-state index is 9.64. The lowest BCUT2D eigenvalue weighted by atomic mass is 9.80. The lowest BCUT2D eigenvalue weighted by Crippen LogP contribution is -2.24. The van der Waals surface area contributed by atoms with Crippen LogP contribution in [0.15, 0.2) is 47.2 Å². The summed E-state index contributed by atoms with van der Waals surface area (Å²) in [4.78, 5) is 4.19. The van der Waals surface area contributed by atoms with E-state index >= 15 is 0 Å². The highest BCUT2D eigenvalue weighted by molar-refractivity contribution is 9.10. The number of hydrogen-bond acceptors (Lipinski definition) is 2. The first-order chi connectivity index (χ1) is 8.73. The smallest absolute Gasteiger partial charge is 0.0918 e. The Morgan fingerprint density at radius 2 is 1.83 bits per heavy atom. The summed E-state index contributed by atoms with van der Waals surface area (Å²) >= 11 is 3.43. The molecule has 0 saturated carbocycles. The van der Waals surface area contributed by atoms with Gasteiger partial charge in [-0.3, -0.25) is 4.98 Å². The van der Waals surface area contributed by atoms with E-state index in [1.54, 1.807) is 12.4 Å². The average molecular weight is 299 g/mol. The Balaban J connectivity index is 2.08. The molecule has 1 aromatic carbocycles. The molecular formula is C15H11BrN2. The third-order valence-corrected chi connectivity index (χ3v) is 4.01. The van der Waals surface area contributed by atoms with Crippen LogP contribution in [-0.4, -0.2) is 4.98 Å². The summed E-state index contributed by atoms with van der Waals surface area (Å²) in [5.74, 6) is 0. The van der Waals surface area contributed by atoms with E-state index in [9.17, 15) is 5.26 Å². The lowest BCUT2D eigenvalue weighted by molar-refractivity contribution is 0.584. The fraction of sp³-hybridized carbons (Fsp3) is 0.200. The minimum atomic E-state index is -0.458. The van der Waals surface area contributed by atoms with E-state index in [1.807, 2.05) is 18.2 Å². The highest BCUT2D eigenvalue weighted by atomic mass is 79.9. The molecule has 0 bridgehead atoms. The zero-order valence-corrected chi connectivity index (χ0v) is 11.3. The average Bonchev–Trinajstić information content (AvgIpc) is 2.78. The second-order valence-electron chi connectivity index (χ2n) is 4.71. The lowest BCUT2D eigenvalue weighted by Gasteiger charge is -2.20. The van der Waals surface area contributed by atoms with Crippen molar-refractivity contribution in [2.24, 2.45) is 0 Å². The topological polar surface area (TPSA) is 36.7 Å². The van der Waals surface area contributed by atoms with Crippen LogP contribution in [0.4, 0.5) is 0 Å². The number of halogens is 1. The van der Waals surface area contributed by atoms with Gasteiger partial charge in [0.25, 0.3) is 0 Å². The Bertz CT molecular complexity index is 618. The van der Waals surface area contributed by atoms with Crippen molar-refractivity contribution in [2.45, 2.75) is 18.3 Å². The van der Waals surface area contributed by atoms with Gasteiger partial charge in [0.15, 0.2) is 0 Å². The number of hydrogen-bond donors (Lipinski definition) is 0. The van der Waals surface area contributed by atoms with E-state index in [0.717, 1.165) is 22.9 Å².